The molecule has 6 heteroatoms. The highest BCUT2D eigenvalue weighted by molar-refractivity contribution is 5.94. The molecule has 0 aliphatic heterocycles. The number of rotatable bonds is 5. The molecule has 0 saturated carbocycles. The molecule has 0 bridgehead atoms. The van der Waals surface area contributed by atoms with Gasteiger partial charge >= 0.3 is 12.0 Å². The topological polar surface area (TPSA) is 81.1 Å². The second-order valence-corrected chi connectivity index (χ2v) is 4.00. The molecular weight excluding hydrogens is 260 g/mol. The van der Waals surface area contributed by atoms with Crippen LogP contribution in [0.1, 0.15) is 6.92 Å². The Bertz CT molecular complexity index is 536. The minimum Gasteiger partial charge on any atom is -0.508 e. The van der Waals surface area contributed by atoms with E-state index in [2.05, 4.69) is 5.92 Å². The van der Waals surface area contributed by atoms with Crippen LogP contribution in [0.3, 0.4) is 0 Å². The Balaban J connectivity index is 3.00. The minimum absolute atomic E-state index is 0.0236. The normalized spacial score (nSPS) is 9.60. The summed E-state index contributed by atoms with van der Waals surface area (Å²) in [5, 5.41) is 18.3. The molecule has 0 fully saturated rings. The predicted molar refractivity (Wildman–Crippen MR) is 74.6 cm³/mol. The fourth-order valence-electron chi connectivity index (χ4n) is 1.72. The summed E-state index contributed by atoms with van der Waals surface area (Å²) in [5.74, 6) is 1.15. The molecule has 0 spiro atoms. The number of carbonyl (C=O) groups is 2. The smallest absolute Gasteiger partial charge is 0.325 e. The van der Waals surface area contributed by atoms with Crippen molar-refractivity contribution in [1.29, 1.82) is 0 Å². The van der Waals surface area contributed by atoms with Gasteiger partial charge in [-0.1, -0.05) is 12.0 Å². The molecule has 1 aromatic carbocycles. The van der Waals surface area contributed by atoms with Gasteiger partial charge in [0, 0.05) is 18.3 Å². The standard InChI is InChI=1S/C14H16N2O4/c1-3-8-15(10-13(18)19)14(20)16(4-2)11-6-5-7-12(17)9-11/h1,5-7,9,17H,4,8,10H2,2H3,(H,18,19). The van der Waals surface area contributed by atoms with E-state index in [-0.39, 0.29) is 12.3 Å². The molecule has 0 atom stereocenters. The minimum atomic E-state index is -1.14. The van der Waals surface area contributed by atoms with Gasteiger partial charge in [-0.05, 0) is 19.1 Å². The number of hydrogen-bond donors (Lipinski definition) is 2. The van der Waals surface area contributed by atoms with Crippen LogP contribution in [0.2, 0.25) is 0 Å². The molecule has 0 heterocycles. The Hall–Kier alpha value is -2.68. The average molecular weight is 276 g/mol. The molecule has 0 saturated heterocycles. The van der Waals surface area contributed by atoms with Gasteiger partial charge in [0.05, 0.1) is 6.54 Å². The quantitative estimate of drug-likeness (QED) is 0.796. The van der Waals surface area contributed by atoms with Gasteiger partial charge in [-0.15, -0.1) is 6.42 Å². The van der Waals surface area contributed by atoms with Gasteiger partial charge < -0.3 is 15.1 Å². The van der Waals surface area contributed by atoms with Gasteiger partial charge in [-0.25, -0.2) is 4.79 Å². The highest BCUT2D eigenvalue weighted by Crippen LogP contribution is 2.21. The van der Waals surface area contributed by atoms with Crippen molar-refractivity contribution >= 4 is 17.7 Å². The molecule has 106 valence electrons. The van der Waals surface area contributed by atoms with Crippen LogP contribution in [-0.2, 0) is 4.79 Å². The van der Waals surface area contributed by atoms with Crippen LogP contribution >= 0.6 is 0 Å². The van der Waals surface area contributed by atoms with Crippen LogP contribution in [0.4, 0.5) is 10.5 Å². The van der Waals surface area contributed by atoms with Crippen molar-refractivity contribution in [1.82, 2.24) is 4.90 Å². The number of phenolic OH excluding ortho intramolecular Hbond substituents is 1. The van der Waals surface area contributed by atoms with E-state index in [1.165, 1.54) is 17.0 Å². The van der Waals surface area contributed by atoms with Crippen LogP contribution < -0.4 is 4.90 Å². The Morgan fingerprint density at radius 2 is 2.10 bits per heavy atom. The fourth-order valence-corrected chi connectivity index (χ4v) is 1.72. The number of carbonyl (C=O) groups excluding carboxylic acids is 1. The third-order valence-electron chi connectivity index (χ3n) is 2.57. The lowest BCUT2D eigenvalue weighted by molar-refractivity contribution is -0.137. The number of nitrogens with zero attached hydrogens (tertiary/aromatic N) is 2. The van der Waals surface area contributed by atoms with Crippen molar-refractivity contribution in [2.24, 2.45) is 0 Å². The summed E-state index contributed by atoms with van der Waals surface area (Å²) in [6, 6.07) is 5.65. The first-order chi connectivity index (χ1) is 9.49. The molecule has 0 aromatic heterocycles. The van der Waals surface area contributed by atoms with E-state index < -0.39 is 18.5 Å². The number of phenols is 1. The Morgan fingerprint density at radius 1 is 1.40 bits per heavy atom. The molecule has 0 unspecified atom stereocenters. The van der Waals surface area contributed by atoms with Gasteiger partial charge in [0.2, 0.25) is 0 Å². The second-order valence-electron chi connectivity index (χ2n) is 4.00. The fraction of sp³-hybridized carbons (Fsp3) is 0.286. The summed E-state index contributed by atoms with van der Waals surface area (Å²) in [6.07, 6.45) is 5.15. The van der Waals surface area contributed by atoms with Gasteiger partial charge in [0.1, 0.15) is 12.3 Å². The summed E-state index contributed by atoms with van der Waals surface area (Å²) < 4.78 is 0. The average Bonchev–Trinajstić information content (AvgIpc) is 2.38. The van der Waals surface area contributed by atoms with E-state index in [1.54, 1.807) is 19.1 Å². The maximum Gasteiger partial charge on any atom is 0.325 e. The molecule has 6 nitrogen and oxygen atoms in total. The zero-order valence-corrected chi connectivity index (χ0v) is 11.1. The summed E-state index contributed by atoms with van der Waals surface area (Å²) in [6.45, 7) is 1.50. The largest absolute Gasteiger partial charge is 0.508 e. The monoisotopic (exact) mass is 276 g/mol. The third kappa shape index (κ3) is 3.92. The highest BCUT2D eigenvalue weighted by Gasteiger charge is 2.22. The lowest BCUT2D eigenvalue weighted by Gasteiger charge is -2.27. The van der Waals surface area contributed by atoms with Crippen molar-refractivity contribution in [3.05, 3.63) is 24.3 Å². The second kappa shape index (κ2) is 7.04. The van der Waals surface area contributed by atoms with E-state index in [0.717, 1.165) is 4.90 Å². The molecule has 1 aromatic rings. The number of aliphatic carboxylic acids is 1. The zero-order chi connectivity index (χ0) is 15.1. The summed E-state index contributed by atoms with van der Waals surface area (Å²) >= 11 is 0. The molecule has 0 aliphatic carbocycles. The Labute approximate surface area is 117 Å². The SMILES string of the molecule is C#CCN(CC(=O)O)C(=O)N(CC)c1cccc(O)c1. The number of terminal acetylenes is 1. The Kier molecular flexibility index (Phi) is 5.42. The number of carboxylic acids is 1. The summed E-state index contributed by atoms with van der Waals surface area (Å²) in [7, 11) is 0. The van der Waals surface area contributed by atoms with Crippen LogP contribution in [0.15, 0.2) is 24.3 Å². The van der Waals surface area contributed by atoms with E-state index in [9.17, 15) is 14.7 Å². The molecule has 1 rings (SSSR count). The first-order valence-corrected chi connectivity index (χ1v) is 6.00. The van der Waals surface area contributed by atoms with Gasteiger partial charge in [0.15, 0.2) is 0 Å². The zero-order valence-electron chi connectivity index (χ0n) is 11.1. The van der Waals surface area contributed by atoms with E-state index in [4.69, 9.17) is 11.5 Å². The van der Waals surface area contributed by atoms with Crippen LogP contribution in [0.5, 0.6) is 5.75 Å². The summed E-state index contributed by atoms with van der Waals surface area (Å²) in [4.78, 5) is 25.5. The Morgan fingerprint density at radius 3 is 2.60 bits per heavy atom. The number of amides is 2. The van der Waals surface area contributed by atoms with Crippen molar-refractivity contribution in [2.75, 3.05) is 24.5 Å². The number of hydrogen-bond acceptors (Lipinski definition) is 3. The highest BCUT2D eigenvalue weighted by atomic mass is 16.4. The first-order valence-electron chi connectivity index (χ1n) is 6.00. The lowest BCUT2D eigenvalue weighted by atomic mass is 10.2. The first kappa shape index (κ1) is 15.4. The number of benzene rings is 1. The van der Waals surface area contributed by atoms with Crippen molar-refractivity contribution in [3.8, 4) is 18.1 Å². The maximum atomic E-state index is 12.3. The van der Waals surface area contributed by atoms with Crippen molar-refractivity contribution in [3.63, 3.8) is 0 Å². The number of carboxylic acid groups (broad SMARTS) is 1. The van der Waals surface area contributed by atoms with Gasteiger partial charge in [0.25, 0.3) is 0 Å². The summed E-state index contributed by atoms with van der Waals surface area (Å²) in [5.41, 5.74) is 0.477. The third-order valence-corrected chi connectivity index (χ3v) is 2.57. The molecule has 20 heavy (non-hydrogen) atoms. The molecule has 2 amide bonds. The number of urea groups is 1. The van der Waals surface area contributed by atoms with Crippen LogP contribution in [-0.4, -0.2) is 46.7 Å². The molecule has 0 aliphatic rings. The maximum absolute atomic E-state index is 12.3. The van der Waals surface area contributed by atoms with Crippen molar-refractivity contribution < 1.29 is 19.8 Å². The number of aromatic hydroxyl groups is 1. The van der Waals surface area contributed by atoms with Crippen LogP contribution in [0, 0.1) is 12.3 Å². The van der Waals surface area contributed by atoms with Gasteiger partial charge in [-0.2, -0.15) is 0 Å². The molecule has 0 radical (unpaired) electrons. The van der Waals surface area contributed by atoms with Crippen LogP contribution in [0.25, 0.3) is 0 Å². The van der Waals surface area contributed by atoms with E-state index in [1.807, 2.05) is 0 Å². The predicted octanol–water partition coefficient (Wildman–Crippen LogP) is 1.36. The van der Waals surface area contributed by atoms with E-state index >= 15 is 0 Å². The van der Waals surface area contributed by atoms with E-state index in [0.29, 0.717) is 12.2 Å². The molecular formula is C14H16N2O4. The lowest BCUT2D eigenvalue weighted by Crippen LogP contribution is -2.45. The van der Waals surface area contributed by atoms with Crippen molar-refractivity contribution in [2.45, 2.75) is 6.92 Å². The molecule has 2 N–H and O–H groups in total. The number of anilines is 1. The van der Waals surface area contributed by atoms with Gasteiger partial charge in [-0.3, -0.25) is 9.69 Å².